The van der Waals surface area contributed by atoms with E-state index in [-0.39, 0.29) is 5.91 Å². The van der Waals surface area contributed by atoms with Crippen LogP contribution >= 0.6 is 0 Å². The first kappa shape index (κ1) is 15.4. The molecule has 0 radical (unpaired) electrons. The predicted molar refractivity (Wildman–Crippen MR) is 70.3 cm³/mol. The number of nitrogens with two attached hydrogens (primary N) is 1. The highest BCUT2D eigenvalue weighted by Crippen LogP contribution is 2.19. The van der Waals surface area contributed by atoms with E-state index >= 15 is 0 Å². The Bertz CT molecular complexity index is 230. The van der Waals surface area contributed by atoms with Gasteiger partial charge in [0.1, 0.15) is 0 Å². The molecule has 106 valence electrons. The second-order valence-electron chi connectivity index (χ2n) is 4.81. The molecule has 0 saturated heterocycles. The first-order valence-electron chi connectivity index (χ1n) is 6.88. The fourth-order valence-corrected chi connectivity index (χ4v) is 2.14. The van der Waals surface area contributed by atoms with Crippen LogP contribution in [-0.2, 0) is 14.3 Å². The van der Waals surface area contributed by atoms with Crippen LogP contribution < -0.4 is 11.1 Å². The van der Waals surface area contributed by atoms with E-state index in [9.17, 15) is 4.79 Å². The Morgan fingerprint density at radius 3 is 2.72 bits per heavy atom. The van der Waals surface area contributed by atoms with Crippen LogP contribution in [0.15, 0.2) is 0 Å². The molecule has 0 spiro atoms. The topological polar surface area (TPSA) is 73.6 Å². The van der Waals surface area contributed by atoms with Crippen molar-refractivity contribution in [1.29, 1.82) is 0 Å². The van der Waals surface area contributed by atoms with E-state index in [1.54, 1.807) is 7.11 Å². The molecular weight excluding hydrogens is 232 g/mol. The Kier molecular flexibility index (Phi) is 7.96. The molecule has 1 amide bonds. The minimum atomic E-state index is -0.486. The van der Waals surface area contributed by atoms with Crippen LogP contribution in [0.4, 0.5) is 0 Å². The van der Waals surface area contributed by atoms with Gasteiger partial charge in [-0.25, -0.2) is 0 Å². The van der Waals surface area contributed by atoms with Crippen molar-refractivity contribution in [3.8, 4) is 0 Å². The maximum Gasteiger partial charge on any atom is 0.237 e. The molecule has 5 nitrogen and oxygen atoms in total. The van der Waals surface area contributed by atoms with Crippen LogP contribution in [0.2, 0.25) is 0 Å². The summed E-state index contributed by atoms with van der Waals surface area (Å²) in [6.07, 6.45) is 7.09. The van der Waals surface area contributed by atoms with Gasteiger partial charge in [-0.05, 0) is 19.3 Å². The first-order valence-corrected chi connectivity index (χ1v) is 6.88. The largest absolute Gasteiger partial charge is 0.385 e. The molecule has 0 aromatic heterocycles. The maximum atomic E-state index is 11.6. The van der Waals surface area contributed by atoms with Crippen molar-refractivity contribution >= 4 is 5.91 Å². The lowest BCUT2D eigenvalue weighted by Gasteiger charge is -2.22. The third-order valence-corrected chi connectivity index (χ3v) is 3.28. The lowest BCUT2D eigenvalue weighted by Crippen LogP contribution is -2.42. The number of nitrogens with one attached hydrogen (secondary N) is 1. The summed E-state index contributed by atoms with van der Waals surface area (Å²) in [5.41, 5.74) is 5.70. The monoisotopic (exact) mass is 258 g/mol. The van der Waals surface area contributed by atoms with E-state index < -0.39 is 6.04 Å². The molecular formula is C13H26N2O3. The van der Waals surface area contributed by atoms with Crippen LogP contribution in [0.1, 0.15) is 38.5 Å². The Balaban J connectivity index is 2.00. The minimum Gasteiger partial charge on any atom is -0.385 e. The van der Waals surface area contributed by atoms with Crippen LogP contribution in [-0.4, -0.2) is 44.9 Å². The summed E-state index contributed by atoms with van der Waals surface area (Å²) in [5, 5.41) is 2.79. The van der Waals surface area contributed by atoms with E-state index in [2.05, 4.69) is 5.32 Å². The summed E-state index contributed by atoms with van der Waals surface area (Å²) in [7, 11) is 1.60. The molecule has 1 rings (SSSR count). The highest BCUT2D eigenvalue weighted by atomic mass is 16.5. The van der Waals surface area contributed by atoms with E-state index in [0.29, 0.717) is 32.3 Å². The molecule has 5 heteroatoms. The van der Waals surface area contributed by atoms with Gasteiger partial charge in [0.15, 0.2) is 0 Å². The van der Waals surface area contributed by atoms with E-state index in [0.717, 1.165) is 12.8 Å². The van der Waals surface area contributed by atoms with Gasteiger partial charge in [0.05, 0.1) is 18.8 Å². The molecule has 0 aromatic carbocycles. The van der Waals surface area contributed by atoms with Gasteiger partial charge in [-0.3, -0.25) is 4.79 Å². The highest BCUT2D eigenvalue weighted by molar-refractivity contribution is 5.81. The van der Waals surface area contributed by atoms with Crippen LogP contribution in [0.3, 0.4) is 0 Å². The molecule has 1 aliphatic rings. The van der Waals surface area contributed by atoms with Crippen molar-refractivity contribution in [3.63, 3.8) is 0 Å². The van der Waals surface area contributed by atoms with Crippen molar-refractivity contribution < 1.29 is 14.3 Å². The molecule has 1 atom stereocenters. The zero-order chi connectivity index (χ0) is 13.2. The summed E-state index contributed by atoms with van der Waals surface area (Å²) in [6.45, 7) is 1.62. The Hall–Kier alpha value is -0.650. The zero-order valence-electron chi connectivity index (χ0n) is 11.3. The zero-order valence-corrected chi connectivity index (χ0v) is 11.3. The molecule has 0 heterocycles. The van der Waals surface area contributed by atoms with Gasteiger partial charge >= 0.3 is 0 Å². The lowest BCUT2D eigenvalue weighted by atomic mass is 9.98. The van der Waals surface area contributed by atoms with Crippen LogP contribution in [0.25, 0.3) is 0 Å². The van der Waals surface area contributed by atoms with Gasteiger partial charge in [-0.1, -0.05) is 19.3 Å². The van der Waals surface area contributed by atoms with Gasteiger partial charge in [-0.15, -0.1) is 0 Å². The minimum absolute atomic E-state index is 0.126. The number of ether oxygens (including phenoxy) is 2. The molecule has 1 aliphatic carbocycles. The van der Waals surface area contributed by atoms with E-state index in [1.807, 2.05) is 0 Å². The number of rotatable bonds is 8. The van der Waals surface area contributed by atoms with Gasteiger partial charge in [0.25, 0.3) is 0 Å². The standard InChI is InChI=1S/C13H26N2O3/c1-17-9-7-12(14)13(16)15-8-10-18-11-5-3-2-4-6-11/h11-12H,2-10,14H2,1H3,(H,15,16). The fraction of sp³-hybridized carbons (Fsp3) is 0.923. The van der Waals surface area contributed by atoms with Gasteiger partial charge in [0, 0.05) is 20.3 Å². The van der Waals surface area contributed by atoms with Crippen molar-refractivity contribution in [2.24, 2.45) is 5.73 Å². The molecule has 3 N–H and O–H groups in total. The Morgan fingerprint density at radius 1 is 1.33 bits per heavy atom. The fourth-order valence-electron chi connectivity index (χ4n) is 2.14. The van der Waals surface area contributed by atoms with E-state index in [1.165, 1.54) is 19.3 Å². The molecule has 1 unspecified atom stereocenters. The number of amides is 1. The van der Waals surface area contributed by atoms with Gasteiger partial charge < -0.3 is 20.5 Å². The average Bonchev–Trinajstić information content (AvgIpc) is 2.41. The lowest BCUT2D eigenvalue weighted by molar-refractivity contribution is -0.123. The van der Waals surface area contributed by atoms with E-state index in [4.69, 9.17) is 15.2 Å². The third-order valence-electron chi connectivity index (χ3n) is 3.28. The second-order valence-corrected chi connectivity index (χ2v) is 4.81. The number of carbonyl (C=O) groups excluding carboxylic acids is 1. The van der Waals surface area contributed by atoms with Crippen molar-refractivity contribution in [2.75, 3.05) is 26.9 Å². The molecule has 18 heavy (non-hydrogen) atoms. The molecule has 1 fully saturated rings. The summed E-state index contributed by atoms with van der Waals surface area (Å²) in [4.78, 5) is 11.6. The van der Waals surface area contributed by atoms with Crippen LogP contribution in [0.5, 0.6) is 0 Å². The SMILES string of the molecule is COCCC(N)C(=O)NCCOC1CCCCC1. The number of hydrogen-bond donors (Lipinski definition) is 2. The summed E-state index contributed by atoms with van der Waals surface area (Å²) in [5.74, 6) is -0.126. The molecule has 0 aromatic rings. The van der Waals surface area contributed by atoms with Gasteiger partial charge in [0.2, 0.25) is 5.91 Å². The van der Waals surface area contributed by atoms with Crippen molar-refractivity contribution in [3.05, 3.63) is 0 Å². The number of methoxy groups -OCH3 is 1. The van der Waals surface area contributed by atoms with Crippen molar-refractivity contribution in [1.82, 2.24) is 5.32 Å². The predicted octanol–water partition coefficient (Wildman–Crippen LogP) is 0.816. The second kappa shape index (κ2) is 9.30. The third kappa shape index (κ3) is 6.33. The number of hydrogen-bond acceptors (Lipinski definition) is 4. The molecule has 1 saturated carbocycles. The van der Waals surface area contributed by atoms with Crippen LogP contribution in [0, 0.1) is 0 Å². The maximum absolute atomic E-state index is 11.6. The molecule has 0 aliphatic heterocycles. The Morgan fingerprint density at radius 2 is 2.06 bits per heavy atom. The summed E-state index contributed by atoms with van der Waals surface area (Å²) >= 11 is 0. The molecule has 0 bridgehead atoms. The van der Waals surface area contributed by atoms with Crippen molar-refractivity contribution in [2.45, 2.75) is 50.7 Å². The first-order chi connectivity index (χ1) is 8.74. The number of carbonyl (C=O) groups is 1. The smallest absolute Gasteiger partial charge is 0.237 e. The Labute approximate surface area is 109 Å². The normalized spacial score (nSPS) is 18.6. The average molecular weight is 258 g/mol. The summed E-state index contributed by atoms with van der Waals surface area (Å²) < 4.78 is 10.6. The highest BCUT2D eigenvalue weighted by Gasteiger charge is 2.14. The van der Waals surface area contributed by atoms with Gasteiger partial charge in [-0.2, -0.15) is 0 Å². The summed E-state index contributed by atoms with van der Waals surface area (Å²) in [6, 6.07) is -0.486. The quantitative estimate of drug-likeness (QED) is 0.632.